The van der Waals surface area contributed by atoms with Crippen molar-refractivity contribution in [1.29, 1.82) is 0 Å². The minimum Gasteiger partial charge on any atom is -0.494 e. The SMILES string of the molecule is CCOCCCNC(=O)c1ccc(OC)c(F)c1. The Bertz CT molecular complexity index is 396. The van der Waals surface area contributed by atoms with Crippen molar-refractivity contribution in [2.24, 2.45) is 0 Å². The summed E-state index contributed by atoms with van der Waals surface area (Å²) in [6.45, 7) is 3.69. The highest BCUT2D eigenvalue weighted by Gasteiger charge is 2.09. The number of halogens is 1. The summed E-state index contributed by atoms with van der Waals surface area (Å²) >= 11 is 0. The molecule has 0 bridgehead atoms. The third-order valence-corrected chi connectivity index (χ3v) is 2.37. The molecule has 0 spiro atoms. The zero-order valence-electron chi connectivity index (χ0n) is 10.7. The lowest BCUT2D eigenvalue weighted by Crippen LogP contribution is -2.25. The summed E-state index contributed by atoms with van der Waals surface area (Å²) in [5, 5.41) is 2.70. The minimum atomic E-state index is -0.542. The maximum absolute atomic E-state index is 13.4. The van der Waals surface area contributed by atoms with E-state index in [1.54, 1.807) is 0 Å². The van der Waals surface area contributed by atoms with Crippen LogP contribution in [0.2, 0.25) is 0 Å². The summed E-state index contributed by atoms with van der Waals surface area (Å²) in [5.74, 6) is -0.713. The van der Waals surface area contributed by atoms with E-state index in [-0.39, 0.29) is 17.2 Å². The van der Waals surface area contributed by atoms with Gasteiger partial charge in [0.25, 0.3) is 5.91 Å². The molecule has 0 unspecified atom stereocenters. The molecule has 5 heteroatoms. The van der Waals surface area contributed by atoms with E-state index in [4.69, 9.17) is 9.47 Å². The number of amides is 1. The summed E-state index contributed by atoms with van der Waals surface area (Å²) in [6, 6.07) is 4.13. The molecular formula is C13H18FNO3. The molecular weight excluding hydrogens is 237 g/mol. The van der Waals surface area contributed by atoms with Crippen LogP contribution >= 0.6 is 0 Å². The fourth-order valence-corrected chi connectivity index (χ4v) is 1.43. The summed E-state index contributed by atoms with van der Waals surface area (Å²) in [4.78, 5) is 11.7. The van der Waals surface area contributed by atoms with Crippen LogP contribution in [0.15, 0.2) is 18.2 Å². The third-order valence-electron chi connectivity index (χ3n) is 2.37. The van der Waals surface area contributed by atoms with Gasteiger partial charge in [0.1, 0.15) is 0 Å². The van der Waals surface area contributed by atoms with Gasteiger partial charge in [-0.25, -0.2) is 4.39 Å². The molecule has 0 aliphatic heterocycles. The van der Waals surface area contributed by atoms with Gasteiger partial charge >= 0.3 is 0 Å². The van der Waals surface area contributed by atoms with Gasteiger partial charge in [-0.05, 0) is 31.5 Å². The van der Waals surface area contributed by atoms with E-state index in [2.05, 4.69) is 5.32 Å². The van der Waals surface area contributed by atoms with Gasteiger partial charge < -0.3 is 14.8 Å². The first-order chi connectivity index (χ1) is 8.69. The van der Waals surface area contributed by atoms with Crippen LogP contribution in [0.4, 0.5) is 4.39 Å². The number of hydrogen-bond acceptors (Lipinski definition) is 3. The van der Waals surface area contributed by atoms with Crippen LogP contribution in [0, 0.1) is 5.82 Å². The minimum absolute atomic E-state index is 0.128. The van der Waals surface area contributed by atoms with Crippen molar-refractivity contribution in [3.63, 3.8) is 0 Å². The molecule has 0 saturated heterocycles. The first kappa shape index (κ1) is 14.4. The molecule has 1 aromatic rings. The maximum Gasteiger partial charge on any atom is 0.251 e. The van der Waals surface area contributed by atoms with Crippen LogP contribution in [-0.4, -0.2) is 32.8 Å². The van der Waals surface area contributed by atoms with Gasteiger partial charge in [-0.3, -0.25) is 4.79 Å². The van der Waals surface area contributed by atoms with Crippen LogP contribution in [0.5, 0.6) is 5.75 Å². The molecule has 0 radical (unpaired) electrons. The predicted octanol–water partition coefficient (Wildman–Crippen LogP) is 1.99. The molecule has 0 saturated carbocycles. The van der Waals surface area contributed by atoms with Crippen LogP contribution < -0.4 is 10.1 Å². The normalized spacial score (nSPS) is 10.2. The first-order valence-corrected chi connectivity index (χ1v) is 5.88. The number of ether oxygens (including phenoxy) is 2. The van der Waals surface area contributed by atoms with Crippen molar-refractivity contribution in [2.75, 3.05) is 26.9 Å². The molecule has 100 valence electrons. The van der Waals surface area contributed by atoms with E-state index in [0.717, 1.165) is 12.5 Å². The van der Waals surface area contributed by atoms with Gasteiger partial charge in [-0.2, -0.15) is 0 Å². The molecule has 0 heterocycles. The lowest BCUT2D eigenvalue weighted by atomic mass is 10.2. The van der Waals surface area contributed by atoms with E-state index >= 15 is 0 Å². The predicted molar refractivity (Wildman–Crippen MR) is 66.4 cm³/mol. The van der Waals surface area contributed by atoms with Crippen LogP contribution in [-0.2, 0) is 4.74 Å². The Kier molecular flexibility index (Phi) is 6.14. The maximum atomic E-state index is 13.4. The van der Waals surface area contributed by atoms with Gasteiger partial charge in [-0.1, -0.05) is 0 Å². The van der Waals surface area contributed by atoms with Crippen molar-refractivity contribution in [1.82, 2.24) is 5.32 Å². The summed E-state index contributed by atoms with van der Waals surface area (Å²) < 4.78 is 23.3. The Labute approximate surface area is 106 Å². The highest BCUT2D eigenvalue weighted by atomic mass is 19.1. The lowest BCUT2D eigenvalue weighted by Gasteiger charge is -2.07. The third kappa shape index (κ3) is 4.33. The van der Waals surface area contributed by atoms with Crippen LogP contribution in [0.3, 0.4) is 0 Å². The van der Waals surface area contributed by atoms with Crippen molar-refractivity contribution in [3.05, 3.63) is 29.6 Å². The second kappa shape index (κ2) is 7.66. The lowest BCUT2D eigenvalue weighted by molar-refractivity contribution is 0.0943. The molecule has 0 aliphatic carbocycles. The smallest absolute Gasteiger partial charge is 0.251 e. The largest absolute Gasteiger partial charge is 0.494 e. The zero-order valence-corrected chi connectivity index (χ0v) is 10.7. The van der Waals surface area contributed by atoms with E-state index in [0.29, 0.717) is 19.8 Å². The molecule has 1 amide bonds. The Morgan fingerprint density at radius 2 is 2.22 bits per heavy atom. The van der Waals surface area contributed by atoms with Crippen molar-refractivity contribution in [2.45, 2.75) is 13.3 Å². The molecule has 0 aromatic heterocycles. The topological polar surface area (TPSA) is 47.6 Å². The zero-order chi connectivity index (χ0) is 13.4. The number of methoxy groups -OCH3 is 1. The highest BCUT2D eigenvalue weighted by Crippen LogP contribution is 2.17. The Morgan fingerprint density at radius 3 is 2.83 bits per heavy atom. The van der Waals surface area contributed by atoms with Gasteiger partial charge in [0, 0.05) is 25.3 Å². The number of rotatable bonds is 7. The van der Waals surface area contributed by atoms with Crippen molar-refractivity contribution in [3.8, 4) is 5.75 Å². The fourth-order valence-electron chi connectivity index (χ4n) is 1.43. The average molecular weight is 255 g/mol. The number of benzene rings is 1. The summed E-state index contributed by atoms with van der Waals surface area (Å²) in [7, 11) is 1.38. The molecule has 0 atom stereocenters. The molecule has 4 nitrogen and oxygen atoms in total. The summed E-state index contributed by atoms with van der Waals surface area (Å²) in [6.07, 6.45) is 0.734. The van der Waals surface area contributed by atoms with E-state index in [1.807, 2.05) is 6.92 Å². The van der Waals surface area contributed by atoms with Gasteiger partial charge in [0.2, 0.25) is 0 Å². The second-order valence-electron chi connectivity index (χ2n) is 3.66. The van der Waals surface area contributed by atoms with E-state index in [9.17, 15) is 9.18 Å². The molecule has 1 N–H and O–H groups in total. The monoisotopic (exact) mass is 255 g/mol. The van der Waals surface area contributed by atoms with Crippen molar-refractivity contribution < 1.29 is 18.7 Å². The Morgan fingerprint density at radius 1 is 1.44 bits per heavy atom. The highest BCUT2D eigenvalue weighted by molar-refractivity contribution is 5.94. The quantitative estimate of drug-likeness (QED) is 0.758. The number of carbonyl (C=O) groups is 1. The summed E-state index contributed by atoms with van der Waals surface area (Å²) in [5.41, 5.74) is 0.282. The van der Waals surface area contributed by atoms with Crippen LogP contribution in [0.1, 0.15) is 23.7 Å². The number of nitrogens with one attached hydrogen (secondary N) is 1. The Balaban J connectivity index is 2.44. The van der Waals surface area contributed by atoms with E-state index in [1.165, 1.54) is 19.2 Å². The van der Waals surface area contributed by atoms with Gasteiger partial charge in [0.05, 0.1) is 7.11 Å². The van der Waals surface area contributed by atoms with Crippen molar-refractivity contribution >= 4 is 5.91 Å². The molecule has 18 heavy (non-hydrogen) atoms. The fraction of sp³-hybridized carbons (Fsp3) is 0.462. The number of hydrogen-bond donors (Lipinski definition) is 1. The molecule has 0 fully saturated rings. The Hall–Kier alpha value is -1.62. The van der Waals surface area contributed by atoms with Gasteiger partial charge in [-0.15, -0.1) is 0 Å². The standard InChI is InChI=1S/C13H18FNO3/c1-3-18-8-4-7-15-13(16)10-5-6-12(17-2)11(14)9-10/h5-6,9H,3-4,7-8H2,1-2H3,(H,15,16). The molecule has 0 aliphatic rings. The van der Waals surface area contributed by atoms with Crippen LogP contribution in [0.25, 0.3) is 0 Å². The van der Waals surface area contributed by atoms with E-state index < -0.39 is 5.82 Å². The second-order valence-corrected chi connectivity index (χ2v) is 3.66. The molecule has 1 rings (SSSR count). The van der Waals surface area contributed by atoms with Gasteiger partial charge in [0.15, 0.2) is 11.6 Å². The molecule has 1 aromatic carbocycles. The first-order valence-electron chi connectivity index (χ1n) is 5.88. The average Bonchev–Trinajstić information content (AvgIpc) is 2.38. The number of carbonyl (C=O) groups excluding carboxylic acids is 1.